The van der Waals surface area contributed by atoms with E-state index in [1.54, 1.807) is 12.5 Å². The van der Waals surface area contributed by atoms with Gasteiger partial charge >= 0.3 is 6.18 Å². The first-order valence-electron chi connectivity index (χ1n) is 6.79. The maximum atomic E-state index is 12.5. The molecule has 1 saturated heterocycles. The molecule has 0 bridgehead atoms. The third-order valence-electron chi connectivity index (χ3n) is 3.81. The van der Waals surface area contributed by atoms with E-state index < -0.39 is 11.7 Å². The van der Waals surface area contributed by atoms with E-state index in [4.69, 9.17) is 0 Å². The Balaban J connectivity index is 1.64. The third kappa shape index (κ3) is 3.01. The number of aromatic nitrogens is 3. The average Bonchev–Trinajstić information content (AvgIpc) is 3.01. The summed E-state index contributed by atoms with van der Waals surface area (Å²) in [5.41, 5.74) is -0.709. The van der Waals surface area contributed by atoms with Gasteiger partial charge in [0.1, 0.15) is 5.82 Å². The van der Waals surface area contributed by atoms with Gasteiger partial charge in [-0.25, -0.2) is 9.97 Å². The van der Waals surface area contributed by atoms with Crippen LogP contribution in [0.4, 0.5) is 19.0 Å². The maximum Gasteiger partial charge on any atom is 0.417 e. The average molecular weight is 296 g/mol. The van der Waals surface area contributed by atoms with Gasteiger partial charge in [0.05, 0.1) is 11.9 Å². The van der Waals surface area contributed by atoms with E-state index in [1.165, 1.54) is 6.07 Å². The molecule has 2 aromatic rings. The zero-order valence-electron chi connectivity index (χ0n) is 11.3. The van der Waals surface area contributed by atoms with Gasteiger partial charge in [-0.05, 0) is 25.0 Å². The smallest absolute Gasteiger partial charge is 0.356 e. The topological polar surface area (TPSA) is 34.0 Å². The Hall–Kier alpha value is -2.05. The second kappa shape index (κ2) is 5.38. The number of rotatable bonds is 2. The van der Waals surface area contributed by atoms with E-state index >= 15 is 0 Å². The van der Waals surface area contributed by atoms with Gasteiger partial charge < -0.3 is 9.47 Å². The standard InChI is InChI=1S/C14H15F3N4/c15-14(16,17)11-1-2-13(19-9-11)20-6-3-12(4-7-20)21-8-5-18-10-21/h1-2,5,8-10,12H,3-4,6-7H2. The van der Waals surface area contributed by atoms with Crippen molar-refractivity contribution in [2.24, 2.45) is 0 Å². The predicted octanol–water partition coefficient (Wildman–Crippen LogP) is 3.14. The van der Waals surface area contributed by atoms with Crippen molar-refractivity contribution in [2.75, 3.05) is 18.0 Å². The number of hydrogen-bond donors (Lipinski definition) is 0. The molecule has 0 amide bonds. The number of pyridine rings is 1. The minimum absolute atomic E-state index is 0.401. The van der Waals surface area contributed by atoms with Gasteiger partial charge in [0.15, 0.2) is 0 Å². The largest absolute Gasteiger partial charge is 0.417 e. The number of halogens is 3. The van der Waals surface area contributed by atoms with Gasteiger partial charge in [-0.1, -0.05) is 0 Å². The van der Waals surface area contributed by atoms with Crippen molar-refractivity contribution < 1.29 is 13.2 Å². The fraction of sp³-hybridized carbons (Fsp3) is 0.429. The summed E-state index contributed by atoms with van der Waals surface area (Å²) in [4.78, 5) is 10.0. The second-order valence-electron chi connectivity index (χ2n) is 5.13. The summed E-state index contributed by atoms with van der Waals surface area (Å²) in [5, 5.41) is 0. The molecule has 21 heavy (non-hydrogen) atoms. The number of imidazole rings is 1. The number of nitrogens with zero attached hydrogens (tertiary/aromatic N) is 4. The van der Waals surface area contributed by atoms with Crippen molar-refractivity contribution in [3.8, 4) is 0 Å². The molecule has 1 fully saturated rings. The van der Waals surface area contributed by atoms with Crippen LogP contribution in [0.3, 0.4) is 0 Å². The maximum absolute atomic E-state index is 12.5. The van der Waals surface area contributed by atoms with Crippen molar-refractivity contribution in [3.63, 3.8) is 0 Å². The minimum atomic E-state index is -4.33. The van der Waals surface area contributed by atoms with Crippen LogP contribution in [-0.4, -0.2) is 27.6 Å². The highest BCUT2D eigenvalue weighted by Crippen LogP contribution is 2.30. The molecule has 0 atom stereocenters. The number of alkyl halides is 3. The lowest BCUT2D eigenvalue weighted by molar-refractivity contribution is -0.137. The Kier molecular flexibility index (Phi) is 3.57. The van der Waals surface area contributed by atoms with Crippen LogP contribution in [0.15, 0.2) is 37.1 Å². The lowest BCUT2D eigenvalue weighted by Crippen LogP contribution is -2.35. The molecule has 0 aromatic carbocycles. The van der Waals surface area contributed by atoms with Crippen LogP contribution in [0.2, 0.25) is 0 Å². The Labute approximate surface area is 120 Å². The van der Waals surface area contributed by atoms with E-state index in [-0.39, 0.29) is 0 Å². The second-order valence-corrected chi connectivity index (χ2v) is 5.13. The monoisotopic (exact) mass is 296 g/mol. The van der Waals surface area contributed by atoms with Crippen LogP contribution >= 0.6 is 0 Å². The third-order valence-corrected chi connectivity index (χ3v) is 3.81. The van der Waals surface area contributed by atoms with Crippen molar-refractivity contribution >= 4 is 5.82 Å². The molecule has 1 aliphatic heterocycles. The lowest BCUT2D eigenvalue weighted by Gasteiger charge is -2.33. The summed E-state index contributed by atoms with van der Waals surface area (Å²) >= 11 is 0. The van der Waals surface area contributed by atoms with Gasteiger partial charge in [-0.2, -0.15) is 13.2 Å². The normalized spacial score (nSPS) is 17.2. The molecule has 0 aliphatic carbocycles. The van der Waals surface area contributed by atoms with Crippen molar-refractivity contribution in [2.45, 2.75) is 25.1 Å². The Morgan fingerprint density at radius 1 is 1.14 bits per heavy atom. The summed E-state index contributed by atoms with van der Waals surface area (Å²) in [6, 6.07) is 2.93. The summed E-state index contributed by atoms with van der Waals surface area (Å²) < 4.78 is 39.6. The summed E-state index contributed by atoms with van der Waals surface area (Å²) in [7, 11) is 0. The van der Waals surface area contributed by atoms with Crippen LogP contribution < -0.4 is 4.90 Å². The molecule has 0 saturated carbocycles. The van der Waals surface area contributed by atoms with Crippen molar-refractivity contribution in [3.05, 3.63) is 42.6 Å². The fourth-order valence-electron chi connectivity index (χ4n) is 2.62. The zero-order valence-corrected chi connectivity index (χ0v) is 11.3. The van der Waals surface area contributed by atoms with Gasteiger partial charge in [0.2, 0.25) is 0 Å². The molecule has 7 heteroatoms. The molecule has 112 valence electrons. The van der Waals surface area contributed by atoms with Crippen LogP contribution in [0, 0.1) is 0 Å². The molecule has 4 nitrogen and oxygen atoms in total. The molecule has 0 unspecified atom stereocenters. The number of anilines is 1. The first kappa shape index (κ1) is 13.9. The highest BCUT2D eigenvalue weighted by Gasteiger charge is 2.31. The van der Waals surface area contributed by atoms with E-state index in [2.05, 4.69) is 14.5 Å². The van der Waals surface area contributed by atoms with Gasteiger partial charge in [-0.15, -0.1) is 0 Å². The van der Waals surface area contributed by atoms with E-state index in [9.17, 15) is 13.2 Å². The first-order valence-corrected chi connectivity index (χ1v) is 6.79. The van der Waals surface area contributed by atoms with Crippen LogP contribution in [0.1, 0.15) is 24.4 Å². The zero-order chi connectivity index (χ0) is 14.9. The van der Waals surface area contributed by atoms with Gasteiger partial charge in [0, 0.05) is 37.7 Å². The van der Waals surface area contributed by atoms with Crippen molar-refractivity contribution in [1.82, 2.24) is 14.5 Å². The fourth-order valence-corrected chi connectivity index (χ4v) is 2.62. The van der Waals surface area contributed by atoms with E-state index in [0.29, 0.717) is 11.9 Å². The highest BCUT2D eigenvalue weighted by molar-refractivity contribution is 5.40. The Morgan fingerprint density at radius 3 is 2.43 bits per heavy atom. The van der Waals surface area contributed by atoms with E-state index in [1.807, 2.05) is 11.1 Å². The molecule has 2 aromatic heterocycles. The van der Waals surface area contributed by atoms with Crippen LogP contribution in [0.5, 0.6) is 0 Å². The highest BCUT2D eigenvalue weighted by atomic mass is 19.4. The Bertz CT molecular complexity index is 569. The van der Waals surface area contributed by atoms with Gasteiger partial charge in [-0.3, -0.25) is 0 Å². The van der Waals surface area contributed by atoms with E-state index in [0.717, 1.165) is 38.2 Å². The molecule has 3 heterocycles. The SMILES string of the molecule is FC(F)(F)c1ccc(N2CCC(n3ccnc3)CC2)nc1. The van der Waals surface area contributed by atoms with Gasteiger partial charge in [0.25, 0.3) is 0 Å². The quantitative estimate of drug-likeness (QED) is 0.854. The molecular formula is C14H15F3N4. The first-order chi connectivity index (χ1) is 10.0. The Morgan fingerprint density at radius 2 is 1.90 bits per heavy atom. The number of piperidine rings is 1. The predicted molar refractivity (Wildman–Crippen MR) is 72.0 cm³/mol. The molecular weight excluding hydrogens is 281 g/mol. The van der Waals surface area contributed by atoms with Crippen LogP contribution in [-0.2, 0) is 6.18 Å². The number of hydrogen-bond acceptors (Lipinski definition) is 3. The molecule has 0 N–H and O–H groups in total. The molecule has 3 rings (SSSR count). The van der Waals surface area contributed by atoms with Crippen molar-refractivity contribution in [1.29, 1.82) is 0 Å². The molecule has 1 aliphatic rings. The lowest BCUT2D eigenvalue weighted by atomic mass is 10.0. The summed E-state index contributed by atoms with van der Waals surface area (Å²) in [6.45, 7) is 1.56. The summed E-state index contributed by atoms with van der Waals surface area (Å²) in [6.07, 6.45) is 3.92. The molecule has 0 radical (unpaired) electrons. The summed E-state index contributed by atoms with van der Waals surface area (Å²) in [5.74, 6) is 0.604. The molecule has 0 spiro atoms. The minimum Gasteiger partial charge on any atom is -0.356 e. The van der Waals surface area contributed by atoms with Crippen LogP contribution in [0.25, 0.3) is 0 Å².